The fourth-order valence-corrected chi connectivity index (χ4v) is 3.01. The number of benzene rings is 1. The predicted octanol–water partition coefficient (Wildman–Crippen LogP) is 2.52. The molecule has 0 heterocycles. The van der Waals surface area contributed by atoms with E-state index in [-0.39, 0.29) is 6.61 Å². The number of carbonyl (C=O) groups is 1. The topological polar surface area (TPSA) is 60.8 Å². The third-order valence-corrected chi connectivity index (χ3v) is 4.06. The third kappa shape index (κ3) is 4.69. The summed E-state index contributed by atoms with van der Waals surface area (Å²) in [6.07, 6.45) is 7.70. The van der Waals surface area contributed by atoms with Gasteiger partial charge in [0.05, 0.1) is 6.61 Å². The molecule has 0 aromatic heterocycles. The van der Waals surface area contributed by atoms with Crippen molar-refractivity contribution >= 4 is 12.0 Å². The largest absolute Gasteiger partial charge is 0.478 e. The van der Waals surface area contributed by atoms with Gasteiger partial charge in [-0.25, -0.2) is 4.79 Å². The smallest absolute Gasteiger partial charge is 0.328 e. The molecule has 0 spiro atoms. The van der Waals surface area contributed by atoms with Crippen molar-refractivity contribution in [1.82, 2.24) is 4.90 Å². The number of nitrogens with zero attached hydrogens (tertiary/aromatic N) is 1. The third-order valence-electron chi connectivity index (χ3n) is 4.06. The van der Waals surface area contributed by atoms with Crippen molar-refractivity contribution in [2.45, 2.75) is 38.3 Å². The molecule has 0 atom stereocenters. The van der Waals surface area contributed by atoms with Crippen molar-refractivity contribution < 1.29 is 15.0 Å². The number of hydrogen-bond donors (Lipinski definition) is 2. The van der Waals surface area contributed by atoms with Crippen molar-refractivity contribution in [2.24, 2.45) is 0 Å². The number of carboxylic acids is 1. The Hall–Kier alpha value is -1.65. The fourth-order valence-electron chi connectivity index (χ4n) is 3.01. The molecule has 0 unspecified atom stereocenters. The van der Waals surface area contributed by atoms with Gasteiger partial charge in [-0.05, 0) is 30.0 Å². The Morgan fingerprint density at radius 1 is 1.29 bits per heavy atom. The zero-order chi connectivity index (χ0) is 15.1. The van der Waals surface area contributed by atoms with Crippen LogP contribution in [0.15, 0.2) is 30.3 Å². The standard InChI is InChI=1S/C17H23NO3/c19-12-11-18(16-7-3-4-8-16)13-15-6-2-1-5-14(15)9-10-17(20)21/h1-2,5-6,9-10,16,19H,3-4,7-8,11-13H2,(H,20,21). The fraction of sp³-hybridized carbons (Fsp3) is 0.471. The number of aliphatic hydroxyl groups excluding tert-OH is 1. The molecule has 0 saturated heterocycles. The van der Waals surface area contributed by atoms with E-state index in [0.29, 0.717) is 12.6 Å². The first-order valence-corrected chi connectivity index (χ1v) is 7.54. The van der Waals surface area contributed by atoms with Gasteiger partial charge in [-0.3, -0.25) is 4.90 Å². The van der Waals surface area contributed by atoms with Gasteiger partial charge in [0.25, 0.3) is 0 Å². The Labute approximate surface area is 125 Å². The van der Waals surface area contributed by atoms with Crippen LogP contribution in [0, 0.1) is 0 Å². The molecular weight excluding hydrogens is 266 g/mol. The molecule has 1 saturated carbocycles. The van der Waals surface area contributed by atoms with Crippen LogP contribution in [-0.2, 0) is 11.3 Å². The van der Waals surface area contributed by atoms with Gasteiger partial charge in [0.15, 0.2) is 0 Å². The molecule has 1 fully saturated rings. The zero-order valence-electron chi connectivity index (χ0n) is 12.2. The first-order chi connectivity index (χ1) is 10.2. The van der Waals surface area contributed by atoms with Gasteiger partial charge in [-0.15, -0.1) is 0 Å². The molecule has 1 aromatic carbocycles. The second-order valence-corrected chi connectivity index (χ2v) is 5.50. The summed E-state index contributed by atoms with van der Waals surface area (Å²) in [5.74, 6) is -0.937. The van der Waals surface area contributed by atoms with E-state index in [1.54, 1.807) is 6.08 Å². The lowest BCUT2D eigenvalue weighted by atomic mass is 10.0. The maximum atomic E-state index is 10.7. The zero-order valence-corrected chi connectivity index (χ0v) is 12.2. The van der Waals surface area contributed by atoms with Crippen LogP contribution >= 0.6 is 0 Å². The first-order valence-electron chi connectivity index (χ1n) is 7.54. The lowest BCUT2D eigenvalue weighted by Crippen LogP contribution is -2.35. The highest BCUT2D eigenvalue weighted by Crippen LogP contribution is 2.25. The maximum absolute atomic E-state index is 10.7. The Kier molecular flexibility index (Phi) is 5.96. The van der Waals surface area contributed by atoms with Gasteiger partial charge in [-0.2, -0.15) is 0 Å². The highest BCUT2D eigenvalue weighted by Gasteiger charge is 2.22. The van der Waals surface area contributed by atoms with Crippen LogP contribution in [0.25, 0.3) is 6.08 Å². The Morgan fingerprint density at radius 2 is 2.00 bits per heavy atom. The first kappa shape index (κ1) is 15.7. The average Bonchev–Trinajstić information content (AvgIpc) is 3.00. The van der Waals surface area contributed by atoms with Crippen molar-refractivity contribution in [3.05, 3.63) is 41.5 Å². The summed E-state index contributed by atoms with van der Waals surface area (Å²) in [5.41, 5.74) is 2.04. The molecule has 0 radical (unpaired) electrons. The average molecular weight is 289 g/mol. The minimum atomic E-state index is -0.937. The van der Waals surface area contributed by atoms with Crippen molar-refractivity contribution in [1.29, 1.82) is 0 Å². The van der Waals surface area contributed by atoms with Gasteiger partial charge in [0, 0.05) is 25.2 Å². The summed E-state index contributed by atoms with van der Waals surface area (Å²) >= 11 is 0. The van der Waals surface area contributed by atoms with Crippen molar-refractivity contribution in [3.8, 4) is 0 Å². The summed E-state index contributed by atoms with van der Waals surface area (Å²) in [7, 11) is 0. The van der Waals surface area contributed by atoms with Crippen LogP contribution in [0.1, 0.15) is 36.8 Å². The molecule has 2 N–H and O–H groups in total. The molecule has 0 aliphatic heterocycles. The summed E-state index contributed by atoms with van der Waals surface area (Å²) < 4.78 is 0. The number of hydrogen-bond acceptors (Lipinski definition) is 3. The summed E-state index contributed by atoms with van der Waals surface area (Å²) in [6, 6.07) is 8.38. The molecule has 114 valence electrons. The number of carboxylic acid groups (broad SMARTS) is 1. The quantitative estimate of drug-likeness (QED) is 0.757. The SMILES string of the molecule is O=C(O)C=Cc1ccccc1CN(CCO)C1CCCC1. The molecule has 1 aliphatic rings. The van der Waals surface area contributed by atoms with Crippen LogP contribution in [-0.4, -0.2) is 40.3 Å². The normalized spacial score (nSPS) is 16.1. The summed E-state index contributed by atoms with van der Waals surface area (Å²) in [4.78, 5) is 13.0. The number of rotatable bonds is 7. The van der Waals surface area contributed by atoms with Crippen LogP contribution in [0.2, 0.25) is 0 Å². The van der Waals surface area contributed by atoms with Gasteiger partial charge in [-0.1, -0.05) is 37.1 Å². The van der Waals surface area contributed by atoms with E-state index in [1.807, 2.05) is 24.3 Å². The molecule has 0 bridgehead atoms. The number of aliphatic hydroxyl groups is 1. The molecule has 21 heavy (non-hydrogen) atoms. The van der Waals surface area contributed by atoms with E-state index in [9.17, 15) is 9.90 Å². The van der Waals surface area contributed by atoms with E-state index in [4.69, 9.17) is 5.11 Å². The number of aliphatic carboxylic acids is 1. The lowest BCUT2D eigenvalue weighted by Gasteiger charge is -2.28. The Bertz CT molecular complexity index is 493. The van der Waals surface area contributed by atoms with E-state index in [1.165, 1.54) is 31.8 Å². The Morgan fingerprint density at radius 3 is 2.67 bits per heavy atom. The van der Waals surface area contributed by atoms with Crippen LogP contribution in [0.3, 0.4) is 0 Å². The van der Waals surface area contributed by atoms with Crippen molar-refractivity contribution in [2.75, 3.05) is 13.2 Å². The molecule has 0 amide bonds. The van der Waals surface area contributed by atoms with Gasteiger partial charge in [0.2, 0.25) is 0 Å². The van der Waals surface area contributed by atoms with Gasteiger partial charge >= 0.3 is 5.97 Å². The molecule has 4 nitrogen and oxygen atoms in total. The summed E-state index contributed by atoms with van der Waals surface area (Å²) in [5, 5.41) is 18.1. The van der Waals surface area contributed by atoms with E-state index in [2.05, 4.69) is 4.90 Å². The molecular formula is C17H23NO3. The highest BCUT2D eigenvalue weighted by atomic mass is 16.4. The molecule has 1 aromatic rings. The lowest BCUT2D eigenvalue weighted by molar-refractivity contribution is -0.131. The minimum Gasteiger partial charge on any atom is -0.478 e. The maximum Gasteiger partial charge on any atom is 0.328 e. The molecule has 1 aliphatic carbocycles. The van der Waals surface area contributed by atoms with Crippen molar-refractivity contribution in [3.63, 3.8) is 0 Å². The highest BCUT2D eigenvalue weighted by molar-refractivity contribution is 5.85. The van der Waals surface area contributed by atoms with E-state index in [0.717, 1.165) is 17.7 Å². The van der Waals surface area contributed by atoms with Gasteiger partial charge in [0.1, 0.15) is 0 Å². The predicted molar refractivity (Wildman–Crippen MR) is 82.9 cm³/mol. The minimum absolute atomic E-state index is 0.156. The second-order valence-electron chi connectivity index (χ2n) is 5.50. The van der Waals surface area contributed by atoms with Crippen LogP contribution in [0.5, 0.6) is 0 Å². The monoisotopic (exact) mass is 289 g/mol. The van der Waals surface area contributed by atoms with Gasteiger partial charge < -0.3 is 10.2 Å². The summed E-state index contributed by atoms with van der Waals surface area (Å²) in [6.45, 7) is 1.58. The van der Waals surface area contributed by atoms with E-state index < -0.39 is 5.97 Å². The van der Waals surface area contributed by atoms with Crippen LogP contribution < -0.4 is 0 Å². The second kappa shape index (κ2) is 7.96. The van der Waals surface area contributed by atoms with E-state index >= 15 is 0 Å². The van der Waals surface area contributed by atoms with Crippen LogP contribution in [0.4, 0.5) is 0 Å². The Balaban J connectivity index is 2.13. The molecule has 2 rings (SSSR count). The molecule has 4 heteroatoms.